The number of nitrogens with zero attached hydrogens (tertiary/aromatic N) is 1. The van der Waals surface area contributed by atoms with Crippen molar-refractivity contribution in [3.8, 4) is 11.5 Å². The highest BCUT2D eigenvalue weighted by Gasteiger charge is 2.37. The van der Waals surface area contributed by atoms with E-state index in [0.717, 1.165) is 13.1 Å². The van der Waals surface area contributed by atoms with E-state index >= 15 is 0 Å². The van der Waals surface area contributed by atoms with Crippen LogP contribution in [0.1, 0.15) is 24.5 Å². The number of methoxy groups -OCH3 is 2. The minimum absolute atomic E-state index is 0.246. The van der Waals surface area contributed by atoms with E-state index in [-0.39, 0.29) is 6.10 Å². The molecule has 116 valence electrons. The van der Waals surface area contributed by atoms with Gasteiger partial charge in [-0.05, 0) is 31.5 Å². The van der Waals surface area contributed by atoms with E-state index in [9.17, 15) is 5.11 Å². The summed E-state index contributed by atoms with van der Waals surface area (Å²) in [5.74, 6) is 1.27. The molecule has 1 N–H and O–H groups in total. The van der Waals surface area contributed by atoms with Crippen LogP contribution in [0.15, 0.2) is 18.2 Å². The molecule has 2 fully saturated rings. The molecule has 0 bridgehead atoms. The predicted molar refractivity (Wildman–Crippen MR) is 78.8 cm³/mol. The number of aliphatic hydroxyl groups is 1. The first-order chi connectivity index (χ1) is 10.2. The number of hydrogen-bond donors (Lipinski definition) is 1. The van der Waals surface area contributed by atoms with E-state index < -0.39 is 6.10 Å². The lowest BCUT2D eigenvalue weighted by atomic mass is 10.00. The standard InChI is InChI=1S/C16H23NO4/c1-19-12-6-3-7-13(20-2)15(12)16(18)14-9-17-8-4-5-11(17)10-21-14/h3,6-7,11,14,16,18H,4-5,8-10H2,1-2H3. The highest BCUT2D eigenvalue weighted by Crippen LogP contribution is 2.38. The smallest absolute Gasteiger partial charge is 0.128 e. The third kappa shape index (κ3) is 2.73. The van der Waals surface area contributed by atoms with Crippen LogP contribution in [0.4, 0.5) is 0 Å². The second-order valence-corrected chi connectivity index (χ2v) is 5.68. The van der Waals surface area contributed by atoms with Crippen molar-refractivity contribution < 1.29 is 19.3 Å². The van der Waals surface area contributed by atoms with Crippen molar-refractivity contribution >= 4 is 0 Å². The van der Waals surface area contributed by atoms with Gasteiger partial charge in [-0.25, -0.2) is 0 Å². The van der Waals surface area contributed by atoms with Crippen molar-refractivity contribution in [2.75, 3.05) is 33.9 Å². The molecule has 0 amide bonds. The maximum Gasteiger partial charge on any atom is 0.128 e. The van der Waals surface area contributed by atoms with Crippen molar-refractivity contribution in [3.05, 3.63) is 23.8 Å². The number of hydrogen-bond acceptors (Lipinski definition) is 5. The summed E-state index contributed by atoms with van der Waals surface area (Å²) < 4.78 is 16.7. The maximum absolute atomic E-state index is 10.8. The predicted octanol–water partition coefficient (Wildman–Crippen LogP) is 1.60. The Labute approximate surface area is 125 Å². The third-order valence-corrected chi connectivity index (χ3v) is 4.53. The molecule has 3 unspecified atom stereocenters. The molecule has 21 heavy (non-hydrogen) atoms. The summed E-state index contributed by atoms with van der Waals surface area (Å²) in [6, 6.07) is 6.05. The van der Waals surface area contributed by atoms with Crippen molar-refractivity contribution in [1.29, 1.82) is 0 Å². The van der Waals surface area contributed by atoms with Gasteiger partial charge in [0.1, 0.15) is 23.7 Å². The molecule has 0 radical (unpaired) electrons. The maximum atomic E-state index is 10.8. The van der Waals surface area contributed by atoms with E-state index in [0.29, 0.717) is 29.7 Å². The molecule has 2 saturated heterocycles. The Morgan fingerprint density at radius 2 is 2.00 bits per heavy atom. The summed E-state index contributed by atoms with van der Waals surface area (Å²) in [4.78, 5) is 2.42. The highest BCUT2D eigenvalue weighted by atomic mass is 16.5. The van der Waals surface area contributed by atoms with Gasteiger partial charge in [0.05, 0.1) is 26.4 Å². The van der Waals surface area contributed by atoms with Gasteiger partial charge in [0.25, 0.3) is 0 Å². The minimum Gasteiger partial charge on any atom is -0.496 e. The van der Waals surface area contributed by atoms with Crippen LogP contribution >= 0.6 is 0 Å². The molecule has 5 nitrogen and oxygen atoms in total. The summed E-state index contributed by atoms with van der Waals surface area (Å²) in [6.07, 6.45) is 1.41. The van der Waals surface area contributed by atoms with Gasteiger partial charge in [0.15, 0.2) is 0 Å². The first-order valence-electron chi connectivity index (χ1n) is 7.49. The van der Waals surface area contributed by atoms with Crippen molar-refractivity contribution in [2.24, 2.45) is 0 Å². The molecule has 1 aromatic carbocycles. The first kappa shape index (κ1) is 14.6. The average molecular weight is 293 g/mol. The van der Waals surface area contributed by atoms with Gasteiger partial charge in [0.2, 0.25) is 0 Å². The van der Waals surface area contributed by atoms with Crippen LogP contribution in [0, 0.1) is 0 Å². The van der Waals surface area contributed by atoms with E-state index in [1.807, 2.05) is 18.2 Å². The molecule has 0 aromatic heterocycles. The number of rotatable bonds is 4. The fraction of sp³-hybridized carbons (Fsp3) is 0.625. The Balaban J connectivity index is 1.83. The largest absolute Gasteiger partial charge is 0.496 e. The highest BCUT2D eigenvalue weighted by molar-refractivity contribution is 5.46. The van der Waals surface area contributed by atoms with Crippen LogP contribution in [0.5, 0.6) is 11.5 Å². The van der Waals surface area contributed by atoms with Crippen LogP contribution in [0.3, 0.4) is 0 Å². The fourth-order valence-corrected chi connectivity index (χ4v) is 3.39. The van der Waals surface area contributed by atoms with Gasteiger partial charge in [0, 0.05) is 12.6 Å². The van der Waals surface area contributed by atoms with Gasteiger partial charge >= 0.3 is 0 Å². The summed E-state index contributed by atoms with van der Waals surface area (Å²) in [6.45, 7) is 2.55. The molecule has 3 rings (SSSR count). The zero-order valence-corrected chi connectivity index (χ0v) is 12.6. The topological polar surface area (TPSA) is 51.2 Å². The first-order valence-corrected chi connectivity index (χ1v) is 7.49. The molecule has 5 heteroatoms. The molecule has 2 aliphatic rings. The van der Waals surface area contributed by atoms with Crippen molar-refractivity contribution in [1.82, 2.24) is 4.90 Å². The summed E-state index contributed by atoms with van der Waals surface area (Å²) >= 11 is 0. The molecule has 2 aliphatic heterocycles. The summed E-state index contributed by atoms with van der Waals surface area (Å²) in [7, 11) is 3.20. The zero-order chi connectivity index (χ0) is 14.8. The second kappa shape index (κ2) is 6.22. The molecule has 3 atom stereocenters. The third-order valence-electron chi connectivity index (χ3n) is 4.53. The second-order valence-electron chi connectivity index (χ2n) is 5.68. The molecule has 0 aliphatic carbocycles. The van der Waals surface area contributed by atoms with Gasteiger partial charge in [-0.3, -0.25) is 4.90 Å². The molecular formula is C16H23NO4. The fourth-order valence-electron chi connectivity index (χ4n) is 3.39. The van der Waals surface area contributed by atoms with Gasteiger partial charge < -0.3 is 19.3 Å². The summed E-state index contributed by atoms with van der Waals surface area (Å²) in [5, 5.41) is 10.8. The zero-order valence-electron chi connectivity index (χ0n) is 12.6. The molecule has 2 heterocycles. The van der Waals surface area contributed by atoms with Gasteiger partial charge in [-0.1, -0.05) is 6.07 Å². The number of fused-ring (bicyclic) bond motifs is 1. The Morgan fingerprint density at radius 3 is 2.67 bits per heavy atom. The lowest BCUT2D eigenvalue weighted by molar-refractivity contribution is -0.104. The summed E-state index contributed by atoms with van der Waals surface area (Å²) in [5.41, 5.74) is 0.671. The van der Waals surface area contributed by atoms with E-state index in [4.69, 9.17) is 14.2 Å². The van der Waals surface area contributed by atoms with Crippen molar-refractivity contribution in [2.45, 2.75) is 31.1 Å². The number of aliphatic hydroxyl groups excluding tert-OH is 1. The number of ether oxygens (including phenoxy) is 3. The lowest BCUT2D eigenvalue weighted by Crippen LogP contribution is -2.48. The quantitative estimate of drug-likeness (QED) is 0.914. The van der Waals surface area contributed by atoms with Crippen molar-refractivity contribution in [3.63, 3.8) is 0 Å². The number of morpholine rings is 1. The Bertz CT molecular complexity index is 471. The monoisotopic (exact) mass is 293 g/mol. The number of benzene rings is 1. The van der Waals surface area contributed by atoms with Crippen LogP contribution < -0.4 is 9.47 Å². The van der Waals surface area contributed by atoms with E-state index in [1.54, 1.807) is 14.2 Å². The Kier molecular flexibility index (Phi) is 4.33. The van der Waals surface area contributed by atoms with Gasteiger partial charge in [-0.15, -0.1) is 0 Å². The van der Waals surface area contributed by atoms with Crippen LogP contribution in [-0.2, 0) is 4.74 Å². The van der Waals surface area contributed by atoms with Gasteiger partial charge in [-0.2, -0.15) is 0 Å². The normalized spacial score (nSPS) is 27.2. The SMILES string of the molecule is COc1cccc(OC)c1C(O)C1CN2CCCC2CO1. The molecule has 0 spiro atoms. The lowest BCUT2D eigenvalue weighted by Gasteiger charge is -2.37. The minimum atomic E-state index is -0.752. The molecular weight excluding hydrogens is 270 g/mol. The average Bonchev–Trinajstić information content (AvgIpc) is 3.00. The van der Waals surface area contributed by atoms with Crippen LogP contribution in [0.25, 0.3) is 0 Å². The van der Waals surface area contributed by atoms with E-state index in [2.05, 4.69) is 4.90 Å². The molecule has 1 aromatic rings. The Morgan fingerprint density at radius 1 is 1.29 bits per heavy atom. The Hall–Kier alpha value is -1.30. The van der Waals surface area contributed by atoms with Crippen LogP contribution in [-0.4, -0.2) is 56.1 Å². The van der Waals surface area contributed by atoms with E-state index in [1.165, 1.54) is 12.8 Å². The van der Waals surface area contributed by atoms with Crippen LogP contribution in [0.2, 0.25) is 0 Å². The molecule has 0 saturated carbocycles.